The van der Waals surface area contributed by atoms with Crippen LogP contribution >= 0.6 is 0 Å². The first kappa shape index (κ1) is 19.8. The lowest BCUT2D eigenvalue weighted by Gasteiger charge is -2.39. The van der Waals surface area contributed by atoms with E-state index in [9.17, 15) is 18.0 Å². The van der Waals surface area contributed by atoms with Crippen molar-refractivity contribution < 1.29 is 18.0 Å². The third kappa shape index (κ3) is 4.54. The van der Waals surface area contributed by atoms with E-state index < -0.39 is 17.5 Å². The largest absolute Gasteiger partial charge is 0.340 e. The predicted molar refractivity (Wildman–Crippen MR) is 91.9 cm³/mol. The van der Waals surface area contributed by atoms with Gasteiger partial charge in [-0.3, -0.25) is 9.69 Å². The molecular formula is C19H27F3N2O. The van der Waals surface area contributed by atoms with Gasteiger partial charge >= 0.3 is 0 Å². The Hall–Kier alpha value is -1.56. The zero-order valence-corrected chi connectivity index (χ0v) is 15.2. The van der Waals surface area contributed by atoms with Gasteiger partial charge in [-0.05, 0) is 37.8 Å². The molecule has 140 valence electrons. The van der Waals surface area contributed by atoms with Crippen LogP contribution in [0, 0.1) is 24.4 Å². The van der Waals surface area contributed by atoms with Gasteiger partial charge in [-0.15, -0.1) is 0 Å². The average molecular weight is 356 g/mol. The summed E-state index contributed by atoms with van der Waals surface area (Å²) in [6.45, 7) is 8.49. The molecule has 0 radical (unpaired) electrons. The third-order valence-electron chi connectivity index (χ3n) is 5.20. The summed E-state index contributed by atoms with van der Waals surface area (Å²) in [6.07, 6.45) is 2.25. The number of benzene rings is 1. The molecule has 2 rings (SSSR count). The Kier molecular flexibility index (Phi) is 6.87. The molecule has 1 aliphatic rings. The van der Waals surface area contributed by atoms with Gasteiger partial charge < -0.3 is 4.90 Å². The highest BCUT2D eigenvalue weighted by molar-refractivity contribution is 5.76. The number of nitrogens with zero attached hydrogens (tertiary/aromatic N) is 2. The minimum atomic E-state index is -1.17. The van der Waals surface area contributed by atoms with Crippen LogP contribution in [-0.4, -0.2) is 47.9 Å². The first-order valence-corrected chi connectivity index (χ1v) is 9.03. The lowest BCUT2D eigenvalue weighted by molar-refractivity contribution is -0.133. The van der Waals surface area contributed by atoms with Crippen molar-refractivity contribution in [1.29, 1.82) is 0 Å². The Morgan fingerprint density at radius 3 is 2.24 bits per heavy atom. The average Bonchev–Trinajstić information content (AvgIpc) is 2.63. The van der Waals surface area contributed by atoms with E-state index in [2.05, 4.69) is 18.7 Å². The molecule has 0 aromatic heterocycles. The van der Waals surface area contributed by atoms with Crippen LogP contribution in [-0.2, 0) is 11.2 Å². The molecule has 0 N–H and O–H groups in total. The molecule has 1 saturated heterocycles. The number of carbonyl (C=O) groups excluding carboxylic acids is 1. The van der Waals surface area contributed by atoms with Crippen molar-refractivity contribution in [1.82, 2.24) is 9.80 Å². The summed E-state index contributed by atoms with van der Waals surface area (Å²) in [5.74, 6) is -3.09. The molecule has 1 aromatic rings. The van der Waals surface area contributed by atoms with Gasteiger partial charge in [0.15, 0.2) is 11.6 Å². The number of amides is 1. The van der Waals surface area contributed by atoms with E-state index in [0.29, 0.717) is 19.1 Å². The molecule has 0 unspecified atom stereocenters. The summed E-state index contributed by atoms with van der Waals surface area (Å²) >= 11 is 0. The van der Waals surface area contributed by atoms with Gasteiger partial charge in [0.05, 0.1) is 0 Å². The Morgan fingerprint density at radius 2 is 1.68 bits per heavy atom. The fourth-order valence-corrected chi connectivity index (χ4v) is 3.46. The highest BCUT2D eigenvalue weighted by atomic mass is 19.2. The second kappa shape index (κ2) is 8.70. The van der Waals surface area contributed by atoms with Crippen molar-refractivity contribution in [2.75, 3.05) is 26.2 Å². The van der Waals surface area contributed by atoms with Crippen molar-refractivity contribution >= 4 is 5.91 Å². The maximum absolute atomic E-state index is 13.9. The second-order valence-corrected chi connectivity index (χ2v) is 6.66. The van der Waals surface area contributed by atoms with Crippen molar-refractivity contribution in [3.8, 4) is 0 Å². The van der Waals surface area contributed by atoms with Crippen LogP contribution in [0.1, 0.15) is 44.2 Å². The van der Waals surface area contributed by atoms with E-state index >= 15 is 0 Å². The smallest absolute Gasteiger partial charge is 0.222 e. The van der Waals surface area contributed by atoms with E-state index in [1.807, 2.05) is 0 Å². The SMILES string of the molecule is CCC(CC)N1CCN(C(=O)CCc2cc(F)c(C)c(F)c2F)CC1. The van der Waals surface area contributed by atoms with Crippen LogP contribution in [0.3, 0.4) is 0 Å². The lowest BCUT2D eigenvalue weighted by Crippen LogP contribution is -2.51. The van der Waals surface area contributed by atoms with Crippen LogP contribution < -0.4 is 0 Å². The maximum Gasteiger partial charge on any atom is 0.222 e. The number of halogens is 3. The topological polar surface area (TPSA) is 23.6 Å². The Morgan fingerprint density at radius 1 is 1.08 bits per heavy atom. The van der Waals surface area contributed by atoms with Gasteiger partial charge in [-0.1, -0.05) is 13.8 Å². The fraction of sp³-hybridized carbons (Fsp3) is 0.632. The zero-order chi connectivity index (χ0) is 18.6. The molecule has 1 aliphatic heterocycles. The summed E-state index contributed by atoms with van der Waals surface area (Å²) in [6, 6.07) is 1.54. The van der Waals surface area contributed by atoms with Crippen molar-refractivity contribution in [2.24, 2.45) is 0 Å². The van der Waals surface area contributed by atoms with Crippen LogP contribution in [0.15, 0.2) is 6.07 Å². The molecule has 6 heteroatoms. The van der Waals surface area contributed by atoms with Gasteiger partial charge in [0.2, 0.25) is 5.91 Å². The molecule has 25 heavy (non-hydrogen) atoms. The van der Waals surface area contributed by atoms with E-state index in [-0.39, 0.29) is 29.9 Å². The van der Waals surface area contributed by atoms with Crippen LogP contribution in [0.2, 0.25) is 0 Å². The van der Waals surface area contributed by atoms with E-state index in [4.69, 9.17) is 0 Å². The molecule has 0 saturated carbocycles. The minimum Gasteiger partial charge on any atom is -0.340 e. The van der Waals surface area contributed by atoms with Gasteiger partial charge in [0, 0.05) is 44.2 Å². The summed E-state index contributed by atoms with van der Waals surface area (Å²) < 4.78 is 41.1. The van der Waals surface area contributed by atoms with Crippen LogP contribution in [0.5, 0.6) is 0 Å². The predicted octanol–water partition coefficient (Wildman–Crippen LogP) is 3.68. The number of piperazine rings is 1. The second-order valence-electron chi connectivity index (χ2n) is 6.66. The molecule has 1 heterocycles. The van der Waals surface area contributed by atoms with Gasteiger partial charge in [-0.2, -0.15) is 0 Å². The zero-order valence-electron chi connectivity index (χ0n) is 15.2. The Labute approximate surface area is 147 Å². The Balaban J connectivity index is 1.90. The molecule has 0 bridgehead atoms. The molecular weight excluding hydrogens is 329 g/mol. The third-order valence-corrected chi connectivity index (χ3v) is 5.20. The molecule has 0 aliphatic carbocycles. The first-order chi connectivity index (χ1) is 11.9. The molecule has 1 amide bonds. The van der Waals surface area contributed by atoms with Gasteiger partial charge in [0.1, 0.15) is 5.82 Å². The number of carbonyl (C=O) groups is 1. The summed E-state index contributed by atoms with van der Waals surface area (Å²) in [5.41, 5.74) is -0.408. The number of aryl methyl sites for hydroxylation is 1. The fourth-order valence-electron chi connectivity index (χ4n) is 3.46. The normalized spacial score (nSPS) is 15.9. The van der Waals surface area contributed by atoms with E-state index in [1.54, 1.807) is 4.90 Å². The summed E-state index contributed by atoms with van der Waals surface area (Å²) in [4.78, 5) is 16.5. The van der Waals surface area contributed by atoms with Crippen molar-refractivity contribution in [3.63, 3.8) is 0 Å². The molecule has 0 atom stereocenters. The van der Waals surface area contributed by atoms with Crippen molar-refractivity contribution in [3.05, 3.63) is 34.6 Å². The minimum absolute atomic E-state index is 0.00550. The van der Waals surface area contributed by atoms with Crippen molar-refractivity contribution in [2.45, 2.75) is 52.5 Å². The standard InChI is InChI=1S/C19H27F3N2O/c1-4-15(5-2)23-8-10-24(11-9-23)17(25)7-6-14-12-16(20)13(3)18(21)19(14)22/h12,15H,4-11H2,1-3H3. The molecule has 3 nitrogen and oxygen atoms in total. The number of rotatable bonds is 6. The highest BCUT2D eigenvalue weighted by Gasteiger charge is 2.25. The highest BCUT2D eigenvalue weighted by Crippen LogP contribution is 2.21. The Bertz CT molecular complexity index is 609. The van der Waals surface area contributed by atoms with E-state index in [1.165, 1.54) is 6.92 Å². The molecule has 1 aromatic carbocycles. The quantitative estimate of drug-likeness (QED) is 0.726. The first-order valence-electron chi connectivity index (χ1n) is 9.03. The van der Waals surface area contributed by atoms with Gasteiger partial charge in [-0.25, -0.2) is 13.2 Å². The number of hydrogen-bond acceptors (Lipinski definition) is 2. The summed E-state index contributed by atoms with van der Waals surface area (Å²) in [5, 5.41) is 0. The molecule has 0 spiro atoms. The van der Waals surface area contributed by atoms with Crippen LogP contribution in [0.4, 0.5) is 13.2 Å². The van der Waals surface area contributed by atoms with Gasteiger partial charge in [0.25, 0.3) is 0 Å². The maximum atomic E-state index is 13.9. The lowest BCUT2D eigenvalue weighted by atomic mass is 10.0. The number of hydrogen-bond donors (Lipinski definition) is 0. The molecule has 1 fully saturated rings. The summed E-state index contributed by atoms with van der Waals surface area (Å²) in [7, 11) is 0. The monoisotopic (exact) mass is 356 g/mol. The van der Waals surface area contributed by atoms with E-state index in [0.717, 1.165) is 32.0 Å². The van der Waals surface area contributed by atoms with Crippen LogP contribution in [0.25, 0.3) is 0 Å².